The van der Waals surface area contributed by atoms with Crippen LogP contribution < -0.4 is 5.32 Å². The van der Waals surface area contributed by atoms with Gasteiger partial charge in [0.05, 0.1) is 23.7 Å². The first kappa shape index (κ1) is 16.1. The first-order chi connectivity index (χ1) is 11.3. The summed E-state index contributed by atoms with van der Waals surface area (Å²) in [6, 6.07) is 12.0. The predicted octanol–water partition coefficient (Wildman–Crippen LogP) is 2.26. The number of benzene rings is 1. The van der Waals surface area contributed by atoms with Gasteiger partial charge in [0, 0.05) is 31.0 Å². The zero-order valence-corrected chi connectivity index (χ0v) is 13.8. The van der Waals surface area contributed by atoms with Crippen LogP contribution in [-0.4, -0.2) is 41.2 Å². The van der Waals surface area contributed by atoms with Gasteiger partial charge in [-0.1, -0.05) is 18.2 Å². The van der Waals surface area contributed by atoms with E-state index < -0.39 is 0 Å². The molecule has 2 aromatic rings. The van der Waals surface area contributed by atoms with Crippen molar-refractivity contribution in [3.8, 4) is 5.69 Å². The number of nitrogens with one attached hydrogen (secondary N) is 1. The summed E-state index contributed by atoms with van der Waals surface area (Å²) in [6.45, 7) is 2.31. The Kier molecular flexibility index (Phi) is 5.71. The number of nitrogens with zero attached hydrogens (tertiary/aromatic N) is 2. The summed E-state index contributed by atoms with van der Waals surface area (Å²) in [7, 11) is 0. The molecule has 122 valence electrons. The molecule has 1 atom stereocenters. The molecule has 1 aromatic heterocycles. The van der Waals surface area contributed by atoms with Crippen molar-refractivity contribution in [2.24, 2.45) is 5.92 Å². The number of para-hydroxylation sites is 1. The van der Waals surface area contributed by atoms with E-state index in [2.05, 4.69) is 10.4 Å². The van der Waals surface area contributed by atoms with Gasteiger partial charge in [-0.2, -0.15) is 5.10 Å². The average Bonchev–Trinajstić information content (AvgIpc) is 3.26. The molecule has 1 aliphatic heterocycles. The van der Waals surface area contributed by atoms with Crippen molar-refractivity contribution in [3.63, 3.8) is 0 Å². The van der Waals surface area contributed by atoms with Crippen LogP contribution in [0.25, 0.3) is 5.69 Å². The molecule has 3 rings (SSSR count). The van der Waals surface area contributed by atoms with E-state index in [4.69, 9.17) is 4.74 Å². The Morgan fingerprint density at radius 2 is 2.22 bits per heavy atom. The fourth-order valence-corrected chi connectivity index (χ4v) is 3.22. The summed E-state index contributed by atoms with van der Waals surface area (Å²) in [4.78, 5) is 11.8. The summed E-state index contributed by atoms with van der Waals surface area (Å²) in [6.07, 6.45) is 3.00. The largest absolute Gasteiger partial charge is 0.381 e. The summed E-state index contributed by atoms with van der Waals surface area (Å²) >= 11 is 1.59. The highest BCUT2D eigenvalue weighted by Crippen LogP contribution is 2.13. The Hall–Kier alpha value is -1.79. The number of carbonyl (C=O) groups is 1. The van der Waals surface area contributed by atoms with Gasteiger partial charge in [0.1, 0.15) is 0 Å². The number of thioether (sulfide) groups is 1. The molecule has 0 radical (unpaired) electrons. The first-order valence-electron chi connectivity index (χ1n) is 7.83. The van der Waals surface area contributed by atoms with Gasteiger partial charge in [0.25, 0.3) is 0 Å². The summed E-state index contributed by atoms with van der Waals surface area (Å²) < 4.78 is 7.16. The van der Waals surface area contributed by atoms with Crippen molar-refractivity contribution in [1.82, 2.24) is 15.1 Å². The molecule has 1 aliphatic rings. The van der Waals surface area contributed by atoms with Gasteiger partial charge in [-0.25, -0.2) is 4.68 Å². The summed E-state index contributed by atoms with van der Waals surface area (Å²) in [5.41, 5.74) is 2.02. The van der Waals surface area contributed by atoms with Crippen molar-refractivity contribution in [3.05, 3.63) is 48.3 Å². The first-order valence-corrected chi connectivity index (χ1v) is 8.99. The number of carbonyl (C=O) groups excluding carboxylic acids is 1. The van der Waals surface area contributed by atoms with Crippen molar-refractivity contribution in [1.29, 1.82) is 0 Å². The van der Waals surface area contributed by atoms with E-state index in [1.807, 2.05) is 47.3 Å². The van der Waals surface area contributed by atoms with E-state index in [-0.39, 0.29) is 5.91 Å². The maximum absolute atomic E-state index is 11.8. The second-order valence-electron chi connectivity index (χ2n) is 5.61. The van der Waals surface area contributed by atoms with Crippen LogP contribution in [0.2, 0.25) is 0 Å². The van der Waals surface area contributed by atoms with Crippen LogP contribution in [0.4, 0.5) is 0 Å². The Bertz CT molecular complexity index is 624. The van der Waals surface area contributed by atoms with Gasteiger partial charge < -0.3 is 10.1 Å². The Labute approximate surface area is 140 Å². The molecule has 0 bridgehead atoms. The van der Waals surface area contributed by atoms with Gasteiger partial charge in [0.2, 0.25) is 5.91 Å². The van der Waals surface area contributed by atoms with Crippen molar-refractivity contribution >= 4 is 17.7 Å². The lowest BCUT2D eigenvalue weighted by molar-refractivity contribution is -0.118. The van der Waals surface area contributed by atoms with Crippen LogP contribution in [0.3, 0.4) is 0 Å². The number of hydrogen-bond acceptors (Lipinski definition) is 4. The van der Waals surface area contributed by atoms with Crippen molar-refractivity contribution < 1.29 is 9.53 Å². The van der Waals surface area contributed by atoms with Crippen LogP contribution in [0, 0.1) is 5.92 Å². The maximum Gasteiger partial charge on any atom is 0.230 e. The van der Waals surface area contributed by atoms with Crippen LogP contribution in [0.15, 0.2) is 42.6 Å². The van der Waals surface area contributed by atoms with E-state index in [0.717, 1.165) is 43.3 Å². The van der Waals surface area contributed by atoms with Crippen LogP contribution >= 0.6 is 11.8 Å². The zero-order valence-electron chi connectivity index (χ0n) is 13.0. The second kappa shape index (κ2) is 8.17. The third-order valence-electron chi connectivity index (χ3n) is 3.76. The van der Waals surface area contributed by atoms with E-state index in [0.29, 0.717) is 11.7 Å². The SMILES string of the molecule is O=C(CSCc1ccn(-c2ccccc2)n1)NC[C@@H]1CCOC1. The molecule has 2 heterocycles. The Balaban J connectivity index is 1.39. The third-order valence-corrected chi connectivity index (χ3v) is 4.73. The van der Waals surface area contributed by atoms with E-state index in [1.165, 1.54) is 0 Å². The fourth-order valence-electron chi connectivity index (χ4n) is 2.47. The minimum atomic E-state index is 0.0874. The monoisotopic (exact) mass is 331 g/mol. The quantitative estimate of drug-likeness (QED) is 0.845. The van der Waals surface area contributed by atoms with Gasteiger partial charge in [-0.05, 0) is 24.6 Å². The smallest absolute Gasteiger partial charge is 0.230 e. The molecule has 1 saturated heterocycles. The normalized spacial score (nSPS) is 17.3. The summed E-state index contributed by atoms with van der Waals surface area (Å²) in [5.74, 6) is 1.76. The number of hydrogen-bond donors (Lipinski definition) is 1. The van der Waals surface area contributed by atoms with Crippen LogP contribution in [-0.2, 0) is 15.3 Å². The van der Waals surface area contributed by atoms with Gasteiger partial charge in [-0.15, -0.1) is 11.8 Å². The molecular weight excluding hydrogens is 310 g/mol. The molecule has 1 aromatic carbocycles. The molecule has 5 nitrogen and oxygen atoms in total. The fraction of sp³-hybridized carbons (Fsp3) is 0.412. The highest BCUT2D eigenvalue weighted by atomic mass is 32.2. The molecule has 6 heteroatoms. The van der Waals surface area contributed by atoms with Crippen LogP contribution in [0.5, 0.6) is 0 Å². The van der Waals surface area contributed by atoms with Gasteiger partial charge >= 0.3 is 0 Å². The number of rotatable bonds is 7. The van der Waals surface area contributed by atoms with E-state index >= 15 is 0 Å². The molecule has 0 saturated carbocycles. The lowest BCUT2D eigenvalue weighted by atomic mass is 10.1. The molecule has 0 unspecified atom stereocenters. The number of ether oxygens (including phenoxy) is 1. The van der Waals surface area contributed by atoms with Gasteiger partial charge in [0.15, 0.2) is 0 Å². The minimum absolute atomic E-state index is 0.0874. The molecule has 1 fully saturated rings. The lowest BCUT2D eigenvalue weighted by Gasteiger charge is -2.08. The molecule has 0 spiro atoms. The molecule has 0 aliphatic carbocycles. The highest BCUT2D eigenvalue weighted by molar-refractivity contribution is 7.99. The molecule has 23 heavy (non-hydrogen) atoms. The molecular formula is C17H21N3O2S. The topological polar surface area (TPSA) is 56.2 Å². The van der Waals surface area contributed by atoms with Crippen LogP contribution in [0.1, 0.15) is 12.1 Å². The second-order valence-corrected chi connectivity index (χ2v) is 6.60. The van der Waals surface area contributed by atoms with E-state index in [9.17, 15) is 4.79 Å². The molecule has 1 N–H and O–H groups in total. The van der Waals surface area contributed by atoms with Crippen molar-refractivity contribution in [2.45, 2.75) is 12.2 Å². The zero-order chi connectivity index (χ0) is 15.9. The standard InChI is InChI=1S/C17H21N3O2S/c21-17(18-10-14-7-9-22-11-14)13-23-12-15-6-8-20(19-15)16-4-2-1-3-5-16/h1-6,8,14H,7,9-13H2,(H,18,21)/t14-/m0/s1. The van der Waals surface area contributed by atoms with Gasteiger partial charge in [-0.3, -0.25) is 4.79 Å². The number of aromatic nitrogens is 2. The Morgan fingerprint density at radius 1 is 1.35 bits per heavy atom. The average molecular weight is 331 g/mol. The molecule has 1 amide bonds. The van der Waals surface area contributed by atoms with E-state index in [1.54, 1.807) is 11.8 Å². The Morgan fingerprint density at radius 3 is 3.00 bits per heavy atom. The predicted molar refractivity (Wildman–Crippen MR) is 91.7 cm³/mol. The highest BCUT2D eigenvalue weighted by Gasteiger charge is 2.16. The lowest BCUT2D eigenvalue weighted by Crippen LogP contribution is -2.30. The summed E-state index contributed by atoms with van der Waals surface area (Å²) in [5, 5.41) is 7.51. The number of amides is 1. The minimum Gasteiger partial charge on any atom is -0.381 e. The third kappa shape index (κ3) is 4.84. The maximum atomic E-state index is 11.8. The van der Waals surface area contributed by atoms with Crippen molar-refractivity contribution in [2.75, 3.05) is 25.5 Å².